The van der Waals surface area contributed by atoms with E-state index in [9.17, 15) is 0 Å². The highest BCUT2D eigenvalue weighted by Crippen LogP contribution is 2.40. The van der Waals surface area contributed by atoms with Gasteiger partial charge in [0.2, 0.25) is 0 Å². The van der Waals surface area contributed by atoms with Gasteiger partial charge in [-0.2, -0.15) is 0 Å². The van der Waals surface area contributed by atoms with Gasteiger partial charge in [0.05, 0.1) is 0 Å². The van der Waals surface area contributed by atoms with Crippen LogP contribution in [-0.2, 0) is 4.74 Å². The van der Waals surface area contributed by atoms with Gasteiger partial charge >= 0.3 is 0 Å². The van der Waals surface area contributed by atoms with Crippen molar-refractivity contribution in [1.82, 2.24) is 20.4 Å². The van der Waals surface area contributed by atoms with Gasteiger partial charge in [0, 0.05) is 46.4 Å². The second-order valence-electron chi connectivity index (χ2n) is 8.36. The van der Waals surface area contributed by atoms with Crippen LogP contribution in [0.5, 0.6) is 0 Å². The quantitative estimate of drug-likeness (QED) is 0.345. The zero-order valence-corrected chi connectivity index (χ0v) is 18.1. The summed E-state index contributed by atoms with van der Waals surface area (Å²) in [6, 6.07) is 0. The molecule has 1 heterocycles. The molecular formula is C21H43N5O. The van der Waals surface area contributed by atoms with Crippen molar-refractivity contribution in [3.05, 3.63) is 0 Å². The number of likely N-dealkylation sites (N-methyl/N-ethyl adjacent to an activating group) is 1. The predicted octanol–water partition coefficient (Wildman–Crippen LogP) is 2.17. The molecule has 0 bridgehead atoms. The largest absolute Gasteiger partial charge is 0.382 e. The van der Waals surface area contributed by atoms with E-state index in [0.717, 1.165) is 38.7 Å². The van der Waals surface area contributed by atoms with Crippen molar-refractivity contribution >= 4 is 5.96 Å². The molecule has 0 aromatic rings. The van der Waals surface area contributed by atoms with Crippen LogP contribution in [0.3, 0.4) is 0 Å². The molecule has 158 valence electrons. The topological polar surface area (TPSA) is 52.1 Å². The third-order valence-corrected chi connectivity index (χ3v) is 6.26. The van der Waals surface area contributed by atoms with Crippen molar-refractivity contribution in [2.75, 3.05) is 73.1 Å². The molecule has 0 radical (unpaired) electrons. The minimum Gasteiger partial charge on any atom is -0.382 e. The summed E-state index contributed by atoms with van der Waals surface area (Å²) >= 11 is 0. The van der Waals surface area contributed by atoms with Crippen molar-refractivity contribution in [3.8, 4) is 0 Å². The smallest absolute Gasteiger partial charge is 0.190 e. The lowest BCUT2D eigenvalue weighted by Gasteiger charge is -2.30. The van der Waals surface area contributed by atoms with Crippen LogP contribution < -0.4 is 10.6 Å². The standard InChI is InChI=1S/C21H43N5O/c1-4-27-18-11-21(9-5-6-10-21)19-24-20(22-2)23-12-7-14-26-15-8-13-25(3)16-17-26/h4-19H2,1-3H3,(H2,22,23,24). The maximum Gasteiger partial charge on any atom is 0.190 e. The predicted molar refractivity (Wildman–Crippen MR) is 115 cm³/mol. The molecule has 6 heteroatoms. The van der Waals surface area contributed by atoms with Crippen LogP contribution in [-0.4, -0.2) is 88.9 Å². The van der Waals surface area contributed by atoms with E-state index in [2.05, 4.69) is 39.4 Å². The van der Waals surface area contributed by atoms with E-state index in [0.29, 0.717) is 5.41 Å². The summed E-state index contributed by atoms with van der Waals surface area (Å²) in [5.41, 5.74) is 0.394. The third-order valence-electron chi connectivity index (χ3n) is 6.26. The number of aliphatic imine (C=N–C) groups is 1. The van der Waals surface area contributed by atoms with E-state index in [1.165, 1.54) is 71.2 Å². The van der Waals surface area contributed by atoms with E-state index < -0.39 is 0 Å². The minimum atomic E-state index is 0.394. The maximum atomic E-state index is 5.62. The normalized spacial score (nSPS) is 22.0. The molecule has 2 rings (SSSR count). The second-order valence-corrected chi connectivity index (χ2v) is 8.36. The molecule has 0 atom stereocenters. The van der Waals surface area contributed by atoms with Crippen LogP contribution in [0.25, 0.3) is 0 Å². The highest BCUT2D eigenvalue weighted by atomic mass is 16.5. The molecule has 1 saturated heterocycles. The van der Waals surface area contributed by atoms with E-state index in [4.69, 9.17) is 4.74 Å². The molecule has 1 aliphatic heterocycles. The summed E-state index contributed by atoms with van der Waals surface area (Å²) in [5, 5.41) is 7.11. The molecule has 1 saturated carbocycles. The molecule has 27 heavy (non-hydrogen) atoms. The summed E-state index contributed by atoms with van der Waals surface area (Å²) in [4.78, 5) is 9.47. The number of hydrogen-bond acceptors (Lipinski definition) is 4. The first kappa shape index (κ1) is 22.4. The molecule has 0 unspecified atom stereocenters. The minimum absolute atomic E-state index is 0.394. The van der Waals surface area contributed by atoms with Gasteiger partial charge in [-0.25, -0.2) is 0 Å². The van der Waals surface area contributed by atoms with Gasteiger partial charge in [-0.15, -0.1) is 0 Å². The highest BCUT2D eigenvalue weighted by Gasteiger charge is 2.33. The Labute approximate surface area is 167 Å². The first-order chi connectivity index (χ1) is 13.2. The molecular weight excluding hydrogens is 338 g/mol. The lowest BCUT2D eigenvalue weighted by Crippen LogP contribution is -2.44. The Morgan fingerprint density at radius 1 is 1.07 bits per heavy atom. The van der Waals surface area contributed by atoms with Crippen LogP contribution in [0.1, 0.15) is 51.9 Å². The fraction of sp³-hybridized carbons (Fsp3) is 0.952. The maximum absolute atomic E-state index is 5.62. The number of nitrogens with zero attached hydrogens (tertiary/aromatic N) is 3. The lowest BCUT2D eigenvalue weighted by molar-refractivity contribution is 0.105. The van der Waals surface area contributed by atoms with E-state index in [-0.39, 0.29) is 0 Å². The summed E-state index contributed by atoms with van der Waals surface area (Å²) < 4.78 is 5.62. The second kappa shape index (κ2) is 12.6. The third kappa shape index (κ3) is 8.36. The van der Waals surface area contributed by atoms with E-state index >= 15 is 0 Å². The molecule has 2 aliphatic rings. The first-order valence-corrected chi connectivity index (χ1v) is 11.1. The Morgan fingerprint density at radius 3 is 2.63 bits per heavy atom. The Bertz CT molecular complexity index is 423. The number of rotatable bonds is 10. The molecule has 2 N–H and O–H groups in total. The van der Waals surface area contributed by atoms with Crippen molar-refractivity contribution in [2.24, 2.45) is 10.4 Å². The number of guanidine groups is 1. The van der Waals surface area contributed by atoms with Crippen molar-refractivity contribution < 1.29 is 4.74 Å². The Hall–Kier alpha value is -0.850. The fourth-order valence-corrected chi connectivity index (χ4v) is 4.40. The Morgan fingerprint density at radius 2 is 1.89 bits per heavy atom. The molecule has 0 amide bonds. The van der Waals surface area contributed by atoms with E-state index in [1.807, 2.05) is 7.05 Å². The Kier molecular flexibility index (Phi) is 10.5. The van der Waals surface area contributed by atoms with Crippen molar-refractivity contribution in [1.29, 1.82) is 0 Å². The van der Waals surface area contributed by atoms with Crippen molar-refractivity contribution in [2.45, 2.75) is 51.9 Å². The molecule has 0 aromatic heterocycles. The Balaban J connectivity index is 1.64. The van der Waals surface area contributed by atoms with Crippen LogP contribution >= 0.6 is 0 Å². The summed E-state index contributed by atoms with van der Waals surface area (Å²) in [6.07, 6.45) is 8.95. The van der Waals surface area contributed by atoms with Crippen LogP contribution in [0.15, 0.2) is 4.99 Å². The summed E-state index contributed by atoms with van der Waals surface area (Å²) in [5.74, 6) is 0.952. The van der Waals surface area contributed by atoms with Gasteiger partial charge < -0.3 is 25.2 Å². The number of nitrogens with one attached hydrogen (secondary N) is 2. The molecule has 0 aromatic carbocycles. The molecule has 1 aliphatic carbocycles. The average Bonchev–Trinajstić information content (AvgIpc) is 3.04. The van der Waals surface area contributed by atoms with Gasteiger partial charge in [-0.3, -0.25) is 4.99 Å². The van der Waals surface area contributed by atoms with Gasteiger partial charge in [-0.05, 0) is 71.1 Å². The summed E-state index contributed by atoms with van der Waals surface area (Å²) in [6.45, 7) is 11.8. The van der Waals surface area contributed by atoms with Crippen LogP contribution in [0.4, 0.5) is 0 Å². The van der Waals surface area contributed by atoms with Gasteiger partial charge in [0.1, 0.15) is 0 Å². The van der Waals surface area contributed by atoms with Crippen LogP contribution in [0.2, 0.25) is 0 Å². The number of ether oxygens (including phenoxy) is 1. The molecule has 2 fully saturated rings. The van der Waals surface area contributed by atoms with Crippen LogP contribution in [0, 0.1) is 5.41 Å². The zero-order valence-electron chi connectivity index (χ0n) is 18.1. The fourth-order valence-electron chi connectivity index (χ4n) is 4.40. The highest BCUT2D eigenvalue weighted by molar-refractivity contribution is 5.79. The lowest BCUT2D eigenvalue weighted by atomic mass is 9.83. The monoisotopic (exact) mass is 381 g/mol. The SMILES string of the molecule is CCOCCC1(CNC(=NC)NCCCN2CCCN(C)CC2)CCCC1. The van der Waals surface area contributed by atoms with E-state index in [1.54, 1.807) is 0 Å². The average molecular weight is 382 g/mol. The molecule has 6 nitrogen and oxygen atoms in total. The first-order valence-electron chi connectivity index (χ1n) is 11.1. The summed E-state index contributed by atoms with van der Waals surface area (Å²) in [7, 11) is 4.10. The van der Waals surface area contributed by atoms with Crippen molar-refractivity contribution in [3.63, 3.8) is 0 Å². The molecule has 0 spiro atoms. The van der Waals surface area contributed by atoms with Gasteiger partial charge in [-0.1, -0.05) is 12.8 Å². The number of hydrogen-bond donors (Lipinski definition) is 2. The van der Waals surface area contributed by atoms with Gasteiger partial charge in [0.15, 0.2) is 5.96 Å². The van der Waals surface area contributed by atoms with Gasteiger partial charge in [0.25, 0.3) is 0 Å². The zero-order chi connectivity index (χ0) is 19.4.